The van der Waals surface area contributed by atoms with Gasteiger partial charge in [-0.25, -0.2) is 15.0 Å². The van der Waals surface area contributed by atoms with Crippen LogP contribution in [0.5, 0.6) is 0 Å². The van der Waals surface area contributed by atoms with Gasteiger partial charge in [-0.15, -0.1) is 0 Å². The summed E-state index contributed by atoms with van der Waals surface area (Å²) in [5.41, 5.74) is 12.7. The summed E-state index contributed by atoms with van der Waals surface area (Å²) in [4.78, 5) is 14.7. The van der Waals surface area contributed by atoms with Crippen molar-refractivity contribution in [2.75, 3.05) is 0 Å². The minimum atomic E-state index is 0.587. The molecule has 0 atom stereocenters. The number of fused-ring (bicyclic) bond motifs is 6. The van der Waals surface area contributed by atoms with Crippen LogP contribution in [0.25, 0.3) is 111 Å². The molecule has 56 heavy (non-hydrogen) atoms. The van der Waals surface area contributed by atoms with Gasteiger partial charge in [0.2, 0.25) is 0 Å². The van der Waals surface area contributed by atoms with Crippen molar-refractivity contribution >= 4 is 43.9 Å². The van der Waals surface area contributed by atoms with Gasteiger partial charge in [-0.1, -0.05) is 146 Å². The fourth-order valence-electron chi connectivity index (χ4n) is 7.81. The maximum Gasteiger partial charge on any atom is 0.164 e. The van der Waals surface area contributed by atoms with Crippen LogP contribution in [0.15, 0.2) is 197 Å². The van der Waals surface area contributed by atoms with Crippen molar-refractivity contribution in [2.45, 2.75) is 0 Å². The van der Waals surface area contributed by atoms with Gasteiger partial charge in [-0.05, 0) is 70.3 Å². The molecule has 3 heterocycles. The molecule has 3 aromatic heterocycles. The van der Waals surface area contributed by atoms with Gasteiger partial charge in [0, 0.05) is 43.8 Å². The molecule has 262 valence electrons. The van der Waals surface area contributed by atoms with E-state index in [1.54, 1.807) is 0 Å². The quantitative estimate of drug-likeness (QED) is 0.171. The number of furan rings is 2. The summed E-state index contributed by atoms with van der Waals surface area (Å²) >= 11 is 0. The fourth-order valence-corrected chi connectivity index (χ4v) is 7.81. The van der Waals surface area contributed by atoms with Gasteiger partial charge >= 0.3 is 0 Å². The Kier molecular flexibility index (Phi) is 7.42. The number of para-hydroxylation sites is 1. The van der Waals surface area contributed by atoms with E-state index in [9.17, 15) is 0 Å². The molecule has 11 aromatic rings. The SMILES string of the molecule is c1ccc(-c2cccc(-c3ccc(-c4ccc5c(c4)oc4cc(-c6nc(-c7ccccc7)nc(-c7ccccc7)n6)ccc45)c4c3oc3ccccc34)c2)cc1. The van der Waals surface area contributed by atoms with Crippen LogP contribution < -0.4 is 0 Å². The average molecular weight is 718 g/mol. The van der Waals surface area contributed by atoms with Crippen LogP contribution in [0.3, 0.4) is 0 Å². The Bertz CT molecular complexity index is 3180. The van der Waals surface area contributed by atoms with Crippen molar-refractivity contribution in [3.05, 3.63) is 188 Å². The Morgan fingerprint density at radius 1 is 0.286 bits per heavy atom. The molecule has 11 rings (SSSR count). The topological polar surface area (TPSA) is 65.0 Å². The minimum Gasteiger partial charge on any atom is -0.456 e. The van der Waals surface area contributed by atoms with Gasteiger partial charge in [0.1, 0.15) is 22.3 Å². The molecule has 0 aliphatic rings. The first-order chi connectivity index (χ1) is 27.7. The fraction of sp³-hybridized carbons (Fsp3) is 0. The number of aromatic nitrogens is 3. The predicted octanol–water partition coefficient (Wildman–Crippen LogP) is 13.7. The molecular formula is C51H31N3O2. The molecule has 0 aliphatic heterocycles. The zero-order valence-corrected chi connectivity index (χ0v) is 30.1. The number of nitrogens with zero attached hydrogens (tertiary/aromatic N) is 3. The van der Waals surface area contributed by atoms with Crippen molar-refractivity contribution in [1.82, 2.24) is 15.0 Å². The standard InChI is InChI=1S/C51H31N3O2/c1-4-13-32(14-5-1)35-19-12-20-36(29-35)40-28-27-39(47-43-21-10-11-22-44(43)56-48(40)47)37-23-25-41-42-26-24-38(31-46(42)55-45(41)30-37)51-53-49(33-15-6-2-7-16-33)52-50(54-51)34-17-8-3-9-18-34/h1-31H. The molecule has 8 aromatic carbocycles. The Labute approximate surface area is 322 Å². The zero-order valence-electron chi connectivity index (χ0n) is 30.1. The van der Waals surface area contributed by atoms with E-state index < -0.39 is 0 Å². The highest BCUT2D eigenvalue weighted by Crippen LogP contribution is 2.43. The highest BCUT2D eigenvalue weighted by atomic mass is 16.3. The average Bonchev–Trinajstić information content (AvgIpc) is 3.85. The molecule has 0 N–H and O–H groups in total. The number of benzene rings is 8. The first-order valence-electron chi connectivity index (χ1n) is 18.7. The monoisotopic (exact) mass is 717 g/mol. The Morgan fingerprint density at radius 2 is 0.786 bits per heavy atom. The van der Waals surface area contributed by atoms with Gasteiger partial charge in [0.05, 0.1) is 0 Å². The molecule has 0 unspecified atom stereocenters. The molecule has 0 radical (unpaired) electrons. The molecule has 0 aliphatic carbocycles. The van der Waals surface area contributed by atoms with Crippen LogP contribution in [0, 0.1) is 0 Å². The molecule has 0 spiro atoms. The highest BCUT2D eigenvalue weighted by Gasteiger charge is 2.19. The van der Waals surface area contributed by atoms with Crippen molar-refractivity contribution in [2.24, 2.45) is 0 Å². The predicted molar refractivity (Wildman–Crippen MR) is 227 cm³/mol. The maximum absolute atomic E-state index is 6.67. The summed E-state index contributed by atoms with van der Waals surface area (Å²) in [5.74, 6) is 1.83. The Hall–Kier alpha value is -7.63. The van der Waals surface area contributed by atoms with Crippen LogP contribution in [-0.2, 0) is 0 Å². The molecule has 0 fully saturated rings. The second-order valence-corrected chi connectivity index (χ2v) is 14.0. The molecule has 0 saturated heterocycles. The zero-order chi connectivity index (χ0) is 37.0. The summed E-state index contributed by atoms with van der Waals surface area (Å²) in [6.45, 7) is 0. The third kappa shape index (κ3) is 5.45. The second kappa shape index (κ2) is 13.0. The lowest BCUT2D eigenvalue weighted by molar-refractivity contribution is 0.668. The van der Waals surface area contributed by atoms with Gasteiger partial charge in [0.25, 0.3) is 0 Å². The molecule has 5 nitrogen and oxygen atoms in total. The smallest absolute Gasteiger partial charge is 0.164 e. The Morgan fingerprint density at radius 3 is 1.46 bits per heavy atom. The van der Waals surface area contributed by atoms with Crippen molar-refractivity contribution < 1.29 is 8.83 Å². The number of hydrogen-bond acceptors (Lipinski definition) is 5. The molecule has 5 heteroatoms. The van der Waals surface area contributed by atoms with E-state index in [-0.39, 0.29) is 0 Å². The van der Waals surface area contributed by atoms with Crippen molar-refractivity contribution in [1.29, 1.82) is 0 Å². The number of hydrogen-bond donors (Lipinski definition) is 0. The van der Waals surface area contributed by atoms with E-state index in [4.69, 9.17) is 23.8 Å². The summed E-state index contributed by atoms with van der Waals surface area (Å²) in [6.07, 6.45) is 0. The van der Waals surface area contributed by atoms with Crippen molar-refractivity contribution in [3.8, 4) is 67.5 Å². The lowest BCUT2D eigenvalue weighted by atomic mass is 9.93. The van der Waals surface area contributed by atoms with Crippen LogP contribution in [0.1, 0.15) is 0 Å². The van der Waals surface area contributed by atoms with E-state index in [0.29, 0.717) is 17.5 Å². The van der Waals surface area contributed by atoms with E-state index in [0.717, 1.165) is 82.8 Å². The van der Waals surface area contributed by atoms with Gasteiger partial charge in [0.15, 0.2) is 17.5 Å². The maximum atomic E-state index is 6.67. The van der Waals surface area contributed by atoms with E-state index in [2.05, 4.69) is 103 Å². The second-order valence-electron chi connectivity index (χ2n) is 14.0. The minimum absolute atomic E-state index is 0.587. The lowest BCUT2D eigenvalue weighted by Gasteiger charge is -2.10. The van der Waals surface area contributed by atoms with E-state index in [1.807, 2.05) is 84.9 Å². The van der Waals surface area contributed by atoms with Crippen LogP contribution in [0.4, 0.5) is 0 Å². The highest BCUT2D eigenvalue weighted by molar-refractivity contribution is 6.17. The molecule has 0 amide bonds. The molecule has 0 saturated carbocycles. The number of rotatable bonds is 6. The van der Waals surface area contributed by atoms with E-state index in [1.165, 1.54) is 11.1 Å². The Balaban J connectivity index is 1.03. The van der Waals surface area contributed by atoms with Crippen LogP contribution in [0.2, 0.25) is 0 Å². The van der Waals surface area contributed by atoms with Gasteiger partial charge < -0.3 is 8.83 Å². The van der Waals surface area contributed by atoms with E-state index >= 15 is 0 Å². The first-order valence-corrected chi connectivity index (χ1v) is 18.7. The third-order valence-electron chi connectivity index (χ3n) is 10.5. The van der Waals surface area contributed by atoms with Crippen LogP contribution >= 0.6 is 0 Å². The summed E-state index contributed by atoms with van der Waals surface area (Å²) in [5, 5.41) is 4.24. The molecule has 0 bridgehead atoms. The van der Waals surface area contributed by atoms with Gasteiger partial charge in [-0.3, -0.25) is 0 Å². The molecular weight excluding hydrogens is 687 g/mol. The summed E-state index contributed by atoms with van der Waals surface area (Å²) in [7, 11) is 0. The van der Waals surface area contributed by atoms with Gasteiger partial charge in [-0.2, -0.15) is 0 Å². The third-order valence-corrected chi connectivity index (χ3v) is 10.5. The largest absolute Gasteiger partial charge is 0.456 e. The summed E-state index contributed by atoms with van der Waals surface area (Å²) < 4.78 is 13.3. The first kappa shape index (κ1) is 31.9. The van der Waals surface area contributed by atoms with Crippen molar-refractivity contribution in [3.63, 3.8) is 0 Å². The summed E-state index contributed by atoms with van der Waals surface area (Å²) in [6, 6.07) is 64.6. The normalized spacial score (nSPS) is 11.6. The van der Waals surface area contributed by atoms with Crippen LogP contribution in [-0.4, -0.2) is 15.0 Å². The lowest BCUT2D eigenvalue weighted by Crippen LogP contribution is -2.00.